The second-order valence-electron chi connectivity index (χ2n) is 7.19. The van der Waals surface area contributed by atoms with Crippen LogP contribution < -0.4 is 20.7 Å². The van der Waals surface area contributed by atoms with Gasteiger partial charge in [-0.15, -0.1) is 0 Å². The van der Waals surface area contributed by atoms with Crippen LogP contribution in [0, 0.1) is 0 Å². The first-order chi connectivity index (χ1) is 14.7. The molecule has 1 aliphatic heterocycles. The molecule has 1 amide bonds. The van der Waals surface area contributed by atoms with Crippen LogP contribution in [0.2, 0.25) is 0 Å². The fourth-order valence-corrected chi connectivity index (χ4v) is 3.58. The zero-order valence-corrected chi connectivity index (χ0v) is 17.7. The number of carbonyl (C=O) groups excluding carboxylic acids is 1. The van der Waals surface area contributed by atoms with Gasteiger partial charge in [-0.05, 0) is 55.8 Å². The number of amides is 1. The van der Waals surface area contributed by atoms with Crippen LogP contribution >= 0.6 is 0 Å². The minimum atomic E-state index is -0.124. The molecule has 1 saturated heterocycles. The summed E-state index contributed by atoms with van der Waals surface area (Å²) in [7, 11) is 3.38. The number of ether oxygens (including phenoxy) is 1. The molecule has 1 aromatic carbocycles. The molecule has 0 saturated carbocycles. The van der Waals surface area contributed by atoms with Crippen LogP contribution in [0.15, 0.2) is 52.1 Å². The summed E-state index contributed by atoms with van der Waals surface area (Å²) in [5.74, 6) is 2.05. The highest BCUT2D eigenvalue weighted by Crippen LogP contribution is 2.26. The van der Waals surface area contributed by atoms with Gasteiger partial charge in [-0.25, -0.2) is 0 Å². The number of rotatable bonds is 9. The highest BCUT2D eigenvalue weighted by Gasteiger charge is 2.23. The van der Waals surface area contributed by atoms with Crippen molar-refractivity contribution in [2.24, 2.45) is 4.99 Å². The van der Waals surface area contributed by atoms with Crippen LogP contribution in [0.25, 0.3) is 0 Å². The summed E-state index contributed by atoms with van der Waals surface area (Å²) in [6, 6.07) is 12.1. The summed E-state index contributed by atoms with van der Waals surface area (Å²) in [4.78, 5) is 18.8. The van der Waals surface area contributed by atoms with E-state index in [2.05, 4.69) is 38.0 Å². The number of methoxy groups -OCH3 is 1. The maximum Gasteiger partial charge on any atom is 0.239 e. The van der Waals surface area contributed by atoms with Crippen molar-refractivity contribution in [3.8, 4) is 5.75 Å². The Hall–Kier alpha value is -3.00. The van der Waals surface area contributed by atoms with Gasteiger partial charge in [0.05, 0.1) is 32.5 Å². The van der Waals surface area contributed by atoms with Crippen LogP contribution in [0.5, 0.6) is 5.75 Å². The van der Waals surface area contributed by atoms with Gasteiger partial charge in [-0.3, -0.25) is 14.7 Å². The number of carbonyl (C=O) groups is 1. The molecule has 8 heteroatoms. The largest absolute Gasteiger partial charge is 0.497 e. The molecular formula is C22H31N5O3. The topological polar surface area (TPSA) is 91.1 Å². The summed E-state index contributed by atoms with van der Waals surface area (Å²) in [6.07, 6.45) is 4.02. The van der Waals surface area contributed by atoms with E-state index in [9.17, 15) is 4.79 Å². The number of benzene rings is 1. The molecule has 3 N–H and O–H groups in total. The number of hydrogen-bond donors (Lipinski definition) is 3. The second-order valence-corrected chi connectivity index (χ2v) is 7.19. The lowest BCUT2D eigenvalue weighted by Crippen LogP contribution is -2.45. The van der Waals surface area contributed by atoms with E-state index in [1.54, 1.807) is 26.5 Å². The third-order valence-electron chi connectivity index (χ3n) is 5.22. The van der Waals surface area contributed by atoms with Crippen molar-refractivity contribution in [1.82, 2.24) is 20.9 Å². The van der Waals surface area contributed by atoms with Crippen LogP contribution in [-0.4, -0.2) is 57.1 Å². The lowest BCUT2D eigenvalue weighted by Gasteiger charge is -2.29. The maximum absolute atomic E-state index is 12.1. The number of nitrogens with one attached hydrogen (secondary N) is 3. The molecule has 30 heavy (non-hydrogen) atoms. The van der Waals surface area contributed by atoms with Gasteiger partial charge in [0, 0.05) is 13.6 Å². The minimum absolute atomic E-state index is 0.124. The molecule has 2 aromatic rings. The van der Waals surface area contributed by atoms with Gasteiger partial charge >= 0.3 is 0 Å². The highest BCUT2D eigenvalue weighted by atomic mass is 16.5. The zero-order valence-electron chi connectivity index (χ0n) is 17.7. The molecule has 0 bridgehead atoms. The second kappa shape index (κ2) is 11.3. The van der Waals surface area contributed by atoms with E-state index >= 15 is 0 Å². The van der Waals surface area contributed by atoms with Crippen LogP contribution in [-0.2, 0) is 11.3 Å². The number of nitrogens with zero attached hydrogens (tertiary/aromatic N) is 2. The Morgan fingerprint density at radius 3 is 2.57 bits per heavy atom. The normalized spacial score (nSPS) is 15.6. The Morgan fingerprint density at radius 1 is 1.17 bits per heavy atom. The molecule has 2 heterocycles. The van der Waals surface area contributed by atoms with Crippen molar-refractivity contribution in [2.45, 2.75) is 25.4 Å². The standard InChI is InChI=1S/C22H31N5O3/c1-23-22(26-16-21(28)24-14-19-6-5-13-30-19)25-15-20(27-11-3-4-12-27)17-7-9-18(29-2)10-8-17/h5-10,13,20H,3-4,11-12,14-16H2,1-2H3,(H,24,28)(H2,23,25,26). The Bertz CT molecular complexity index is 799. The van der Waals surface area contributed by atoms with E-state index in [1.807, 2.05) is 18.2 Å². The summed E-state index contributed by atoms with van der Waals surface area (Å²) in [5.41, 5.74) is 1.23. The predicted molar refractivity (Wildman–Crippen MR) is 116 cm³/mol. The lowest BCUT2D eigenvalue weighted by atomic mass is 10.1. The number of hydrogen-bond acceptors (Lipinski definition) is 5. The Balaban J connectivity index is 1.51. The summed E-state index contributed by atoms with van der Waals surface area (Å²) in [6.45, 7) is 3.37. The van der Waals surface area contributed by atoms with Crippen LogP contribution in [0.3, 0.4) is 0 Å². The first-order valence-electron chi connectivity index (χ1n) is 10.3. The van der Waals surface area contributed by atoms with E-state index < -0.39 is 0 Å². The molecule has 1 aliphatic rings. The average molecular weight is 414 g/mol. The van der Waals surface area contributed by atoms with Crippen molar-refractivity contribution in [2.75, 3.05) is 40.3 Å². The van der Waals surface area contributed by atoms with Crippen LogP contribution in [0.4, 0.5) is 0 Å². The van der Waals surface area contributed by atoms with Gasteiger partial charge < -0.3 is 25.1 Å². The van der Waals surface area contributed by atoms with Crippen molar-refractivity contribution in [3.63, 3.8) is 0 Å². The number of aliphatic imine (C=N–C) groups is 1. The molecule has 1 unspecified atom stereocenters. The summed E-state index contributed by atoms with van der Waals surface area (Å²) < 4.78 is 10.5. The lowest BCUT2D eigenvalue weighted by molar-refractivity contribution is -0.120. The van der Waals surface area contributed by atoms with E-state index in [-0.39, 0.29) is 18.5 Å². The summed E-state index contributed by atoms with van der Waals surface area (Å²) in [5, 5.41) is 9.25. The van der Waals surface area contributed by atoms with Crippen molar-refractivity contribution < 1.29 is 13.9 Å². The average Bonchev–Trinajstić information content (AvgIpc) is 3.49. The third-order valence-corrected chi connectivity index (χ3v) is 5.22. The molecule has 1 atom stereocenters. The highest BCUT2D eigenvalue weighted by molar-refractivity contribution is 5.86. The van der Waals surface area contributed by atoms with Crippen molar-refractivity contribution >= 4 is 11.9 Å². The van der Waals surface area contributed by atoms with Crippen molar-refractivity contribution in [1.29, 1.82) is 0 Å². The fraction of sp³-hybridized carbons (Fsp3) is 0.455. The molecule has 0 spiro atoms. The molecule has 162 valence electrons. The zero-order chi connectivity index (χ0) is 21.2. The van der Waals surface area contributed by atoms with Gasteiger partial charge in [0.2, 0.25) is 5.91 Å². The van der Waals surface area contributed by atoms with E-state index in [0.717, 1.165) is 24.6 Å². The minimum Gasteiger partial charge on any atom is -0.497 e. The Morgan fingerprint density at radius 2 is 1.93 bits per heavy atom. The first kappa shape index (κ1) is 21.7. The SMILES string of the molecule is CN=C(NCC(=O)NCc1ccco1)NCC(c1ccc(OC)cc1)N1CCCC1. The van der Waals surface area contributed by atoms with Gasteiger partial charge in [0.15, 0.2) is 5.96 Å². The van der Waals surface area contributed by atoms with Gasteiger partial charge in [0.25, 0.3) is 0 Å². The molecule has 1 aromatic heterocycles. The molecule has 3 rings (SSSR count). The maximum atomic E-state index is 12.1. The summed E-state index contributed by atoms with van der Waals surface area (Å²) >= 11 is 0. The monoisotopic (exact) mass is 413 g/mol. The fourth-order valence-electron chi connectivity index (χ4n) is 3.58. The van der Waals surface area contributed by atoms with Gasteiger partial charge in [-0.2, -0.15) is 0 Å². The van der Waals surface area contributed by atoms with Crippen LogP contribution in [0.1, 0.15) is 30.2 Å². The quantitative estimate of drug-likeness (QED) is 0.430. The molecule has 0 radical (unpaired) electrons. The van der Waals surface area contributed by atoms with Crippen molar-refractivity contribution in [3.05, 3.63) is 54.0 Å². The Kier molecular flexibility index (Phi) is 8.14. The molecule has 0 aliphatic carbocycles. The molecular weight excluding hydrogens is 382 g/mol. The molecule has 8 nitrogen and oxygen atoms in total. The van der Waals surface area contributed by atoms with E-state index in [0.29, 0.717) is 19.0 Å². The predicted octanol–water partition coefficient (Wildman–Crippen LogP) is 1.91. The van der Waals surface area contributed by atoms with E-state index in [1.165, 1.54) is 18.4 Å². The smallest absolute Gasteiger partial charge is 0.239 e. The first-order valence-corrected chi connectivity index (χ1v) is 10.3. The van der Waals surface area contributed by atoms with Gasteiger partial charge in [-0.1, -0.05) is 12.1 Å². The number of likely N-dealkylation sites (tertiary alicyclic amines) is 1. The third kappa shape index (κ3) is 6.25. The number of furan rings is 1. The molecule has 1 fully saturated rings. The van der Waals surface area contributed by atoms with Gasteiger partial charge in [0.1, 0.15) is 11.5 Å². The van der Waals surface area contributed by atoms with E-state index in [4.69, 9.17) is 9.15 Å². The number of guanidine groups is 1. The Labute approximate surface area is 177 Å².